The fraction of sp³-hybridized carbons (Fsp3) is 0.493. The lowest BCUT2D eigenvalue weighted by Crippen LogP contribution is -2.61. The first-order chi connectivity index (χ1) is 46.3. The minimum Gasteiger partial charge on any atom is -0.342 e. The minimum absolute atomic E-state index is 0.0844. The largest absolute Gasteiger partial charge is 0.342 e. The summed E-state index contributed by atoms with van der Waals surface area (Å²) in [7, 11) is 9.32. The molecular weight excluding hydrogens is 1290 g/mol. The molecule has 4 aromatic rings. The van der Waals surface area contributed by atoms with Gasteiger partial charge in [0.1, 0.15) is 60.0 Å². The molecule has 98 heavy (non-hydrogen) atoms. The van der Waals surface area contributed by atoms with Crippen LogP contribution in [0.4, 0.5) is 8.78 Å². The van der Waals surface area contributed by atoms with Crippen LogP contribution < -0.4 is 21.3 Å². The van der Waals surface area contributed by atoms with E-state index in [0.717, 1.165) is 46.4 Å². The second kappa shape index (κ2) is 35.8. The van der Waals surface area contributed by atoms with Gasteiger partial charge in [-0.1, -0.05) is 119 Å². The van der Waals surface area contributed by atoms with Gasteiger partial charge in [-0.25, -0.2) is 8.78 Å². The molecule has 0 saturated carbocycles. The van der Waals surface area contributed by atoms with E-state index in [1.54, 1.807) is 113 Å². The van der Waals surface area contributed by atoms with E-state index in [0.29, 0.717) is 60.1 Å². The van der Waals surface area contributed by atoms with Gasteiger partial charge >= 0.3 is 0 Å². The molecule has 4 aromatic carbocycles. The third kappa shape index (κ3) is 21.1. The van der Waals surface area contributed by atoms with Crippen LogP contribution in [0.1, 0.15) is 82.6 Å². The Balaban J connectivity index is 1.46. The van der Waals surface area contributed by atoms with Crippen LogP contribution in [0, 0.1) is 23.5 Å². The summed E-state index contributed by atoms with van der Waals surface area (Å²) in [6.45, 7) is 6.99. The Morgan fingerprint density at radius 2 is 1.03 bits per heavy atom. The molecular formula is C71H93ClF2N12O12. The van der Waals surface area contributed by atoms with Crippen molar-refractivity contribution in [1.82, 2.24) is 60.5 Å². The lowest BCUT2D eigenvalue weighted by atomic mass is 9.97. The Morgan fingerprint density at radius 1 is 0.510 bits per heavy atom. The van der Waals surface area contributed by atoms with Crippen molar-refractivity contribution in [2.45, 2.75) is 134 Å². The number of nitrogens with zero attached hydrogens (tertiary/aromatic N) is 8. The number of benzene rings is 4. The first-order valence-corrected chi connectivity index (χ1v) is 33.2. The average Bonchev–Trinajstić information content (AvgIpc) is 0.856. The molecule has 4 N–H and O–H groups in total. The van der Waals surface area contributed by atoms with Gasteiger partial charge in [-0.15, -0.1) is 0 Å². The Bertz CT molecular complexity index is 3490. The number of carbonyl (C=O) groups is 12. The third-order valence-corrected chi connectivity index (χ3v) is 18.5. The molecule has 0 aliphatic carbocycles. The van der Waals surface area contributed by atoms with Crippen molar-refractivity contribution in [3.63, 3.8) is 0 Å². The van der Waals surface area contributed by atoms with Crippen LogP contribution in [0.5, 0.6) is 0 Å². The van der Waals surface area contributed by atoms with E-state index in [1.807, 2.05) is 0 Å². The predicted octanol–water partition coefficient (Wildman–Crippen LogP) is 3.26. The number of hydrogen-bond acceptors (Lipinski definition) is 12. The van der Waals surface area contributed by atoms with E-state index < -0.39 is 175 Å². The first-order valence-electron chi connectivity index (χ1n) is 32.8. The Morgan fingerprint density at radius 3 is 1.59 bits per heavy atom. The predicted molar refractivity (Wildman–Crippen MR) is 363 cm³/mol. The molecule has 27 heteroatoms. The molecule has 2 aliphatic heterocycles. The molecule has 0 radical (unpaired) electrons. The number of rotatable bonds is 12. The van der Waals surface area contributed by atoms with Gasteiger partial charge in [0.2, 0.25) is 70.9 Å². The van der Waals surface area contributed by atoms with Crippen LogP contribution in [0.25, 0.3) is 0 Å². The number of halogens is 3. The van der Waals surface area contributed by atoms with Crippen molar-refractivity contribution < 1.29 is 66.3 Å². The molecule has 0 bridgehead atoms. The summed E-state index contributed by atoms with van der Waals surface area (Å²) in [5.74, 6) is -12.6. The summed E-state index contributed by atoms with van der Waals surface area (Å²) < 4.78 is 29.9. The fourth-order valence-electron chi connectivity index (χ4n) is 11.9. The van der Waals surface area contributed by atoms with E-state index in [-0.39, 0.29) is 24.8 Å². The topological polar surface area (TPSA) is 279 Å². The van der Waals surface area contributed by atoms with Crippen LogP contribution >= 0.6 is 11.6 Å². The molecule has 12 amide bonds. The molecule has 0 aromatic heterocycles. The highest BCUT2D eigenvalue weighted by Crippen LogP contribution is 2.23. The second-order valence-corrected chi connectivity index (χ2v) is 26.4. The van der Waals surface area contributed by atoms with Crippen LogP contribution in [-0.2, 0) is 83.2 Å². The van der Waals surface area contributed by atoms with Gasteiger partial charge in [-0.2, -0.15) is 0 Å². The zero-order valence-corrected chi connectivity index (χ0v) is 58.6. The van der Waals surface area contributed by atoms with Crippen LogP contribution in [-0.4, -0.2) is 240 Å². The Hall–Kier alpha value is -9.33. The highest BCUT2D eigenvalue weighted by molar-refractivity contribution is 6.30. The summed E-state index contributed by atoms with van der Waals surface area (Å²) in [4.78, 5) is 185. The molecule has 9 atom stereocenters. The summed E-state index contributed by atoms with van der Waals surface area (Å²) in [6.07, 6.45) is 0.0347. The molecule has 0 unspecified atom stereocenters. The molecule has 530 valence electrons. The molecule has 2 aliphatic rings. The highest BCUT2D eigenvalue weighted by atomic mass is 35.5. The van der Waals surface area contributed by atoms with Gasteiger partial charge in [0.15, 0.2) is 0 Å². The van der Waals surface area contributed by atoms with Crippen LogP contribution in [0.2, 0.25) is 5.02 Å². The number of likely N-dealkylation sites (tertiary alicyclic amines) is 1. The maximum absolute atomic E-state index is 15.5. The van der Waals surface area contributed by atoms with Gasteiger partial charge in [0, 0.05) is 99.2 Å². The zero-order chi connectivity index (χ0) is 72.4. The summed E-state index contributed by atoms with van der Waals surface area (Å²) >= 11 is 6.22. The van der Waals surface area contributed by atoms with Crippen molar-refractivity contribution in [1.29, 1.82) is 0 Å². The van der Waals surface area contributed by atoms with Crippen molar-refractivity contribution in [3.8, 4) is 0 Å². The van der Waals surface area contributed by atoms with E-state index >= 15 is 14.4 Å². The normalized spacial score (nSPS) is 23.4. The highest BCUT2D eigenvalue weighted by Gasteiger charge is 2.42. The van der Waals surface area contributed by atoms with Gasteiger partial charge < -0.3 is 60.5 Å². The number of likely N-dealkylation sites (N-methyl/N-ethyl adjacent to an activating group) is 7. The lowest BCUT2D eigenvalue weighted by Gasteiger charge is -2.38. The van der Waals surface area contributed by atoms with Gasteiger partial charge in [-0.05, 0) is 78.1 Å². The van der Waals surface area contributed by atoms with Crippen LogP contribution in [0.3, 0.4) is 0 Å². The Kier molecular flexibility index (Phi) is 28.4. The molecule has 0 spiro atoms. The molecule has 2 fully saturated rings. The zero-order valence-electron chi connectivity index (χ0n) is 57.9. The molecule has 6 rings (SSSR count). The number of hydrogen-bond donors (Lipinski definition) is 4. The quantitative estimate of drug-likeness (QED) is 0.159. The number of nitrogens with one attached hydrogen (secondary N) is 4. The maximum Gasteiger partial charge on any atom is 0.246 e. The first kappa shape index (κ1) is 77.7. The summed E-state index contributed by atoms with van der Waals surface area (Å²) in [5, 5.41) is 11.3. The van der Waals surface area contributed by atoms with Crippen molar-refractivity contribution in [2.75, 3.05) is 82.1 Å². The van der Waals surface area contributed by atoms with Crippen molar-refractivity contribution in [2.24, 2.45) is 11.8 Å². The molecule has 2 saturated heterocycles. The van der Waals surface area contributed by atoms with Gasteiger partial charge in [0.05, 0.1) is 26.1 Å². The van der Waals surface area contributed by atoms with Gasteiger partial charge in [0.25, 0.3) is 0 Å². The van der Waals surface area contributed by atoms with Crippen molar-refractivity contribution in [3.05, 3.63) is 142 Å². The standard InChI is InChI=1S/C71H93ClF2N12O12/c1-13-44(4)62-71(98)81(8)41-60(89)79(6)42-61(90)83(10)56(37-48-26-28-50(72)29-27-48)69(96)80(7)40-58(87)75-53(35-49-32-51(73)38-52(74)33-49)65(92)76-54(34-46-22-16-14-17-23-46)67(94)84(11)57(36-47-24-18-15-19-25-47)70(97)85(12)63(43(2)3)66(93)77-55(68(95)86-30-20-21-31-86)39-59(88)82(9)45(5)64(91)78-62/h14-19,22-29,32-33,38,43-45,53-57,62-63H,13,20-21,30-31,34-37,39-42H2,1-12H3,(H,75,87)(H,76,92)(H,77,93)(H,78,91)/t44-,45-,53-,54-,55+,56-,57-,62-,63-/m0/s1. The minimum atomic E-state index is -1.71. The number of carbonyl (C=O) groups excluding carboxylic acids is 12. The lowest BCUT2D eigenvalue weighted by molar-refractivity contribution is -0.150. The maximum atomic E-state index is 15.5. The SMILES string of the molecule is CC[C@H](C)[C@@H]1NC(=O)[C@H](C)N(C)C(=O)C[C@H](C(=O)N2CCCC2)NC(=O)[C@H](C(C)C)N(C)C(=O)[C@H](Cc2ccccc2)N(C)C(=O)[C@H](Cc2ccccc2)NC(=O)[C@H](Cc2cc(F)cc(F)c2)NC(=O)CN(C)C(=O)[C@H](Cc2ccc(Cl)cc2)N(C)C(=O)CN(C)C(=O)CN(C)C1=O. The Labute approximate surface area is 577 Å². The fourth-order valence-corrected chi connectivity index (χ4v) is 12.1. The summed E-state index contributed by atoms with van der Waals surface area (Å²) in [6, 6.07) is 14.8. The van der Waals surface area contributed by atoms with E-state index in [4.69, 9.17) is 11.6 Å². The van der Waals surface area contributed by atoms with Gasteiger partial charge in [-0.3, -0.25) is 57.5 Å². The third-order valence-electron chi connectivity index (χ3n) is 18.3. The average molecular weight is 1380 g/mol. The summed E-state index contributed by atoms with van der Waals surface area (Å²) in [5.41, 5.74) is 1.58. The van der Waals surface area contributed by atoms with Crippen LogP contribution in [0.15, 0.2) is 103 Å². The monoisotopic (exact) mass is 1380 g/mol. The number of amides is 12. The smallest absolute Gasteiger partial charge is 0.246 e. The molecule has 24 nitrogen and oxygen atoms in total. The van der Waals surface area contributed by atoms with E-state index in [2.05, 4.69) is 21.3 Å². The van der Waals surface area contributed by atoms with Crippen molar-refractivity contribution >= 4 is 82.5 Å². The second-order valence-electron chi connectivity index (χ2n) is 26.0. The van der Waals surface area contributed by atoms with E-state index in [9.17, 15) is 51.9 Å². The van der Waals surface area contributed by atoms with E-state index in [1.165, 1.54) is 61.2 Å². The molecule has 2 heterocycles.